The van der Waals surface area contributed by atoms with Gasteiger partial charge in [-0.25, -0.2) is 8.78 Å². The molecule has 2 aromatic rings. The molecule has 2 aromatic carbocycles. The van der Waals surface area contributed by atoms with E-state index in [4.69, 9.17) is 5.73 Å². The summed E-state index contributed by atoms with van der Waals surface area (Å²) in [4.78, 5) is 0. The Bertz CT molecular complexity index is 576. The normalized spacial score (nSPS) is 12.5. The van der Waals surface area contributed by atoms with Crippen molar-refractivity contribution in [2.75, 3.05) is 0 Å². The van der Waals surface area contributed by atoms with Crippen LogP contribution in [0, 0.1) is 25.5 Å². The summed E-state index contributed by atoms with van der Waals surface area (Å²) in [5.41, 5.74) is 8.67. The number of halogens is 2. The highest BCUT2D eigenvalue weighted by Gasteiger charge is 2.14. The predicted molar refractivity (Wildman–Crippen MR) is 72.9 cm³/mol. The summed E-state index contributed by atoms with van der Waals surface area (Å²) in [7, 11) is 0. The molecule has 0 heterocycles. The molecule has 19 heavy (non-hydrogen) atoms. The third-order valence-electron chi connectivity index (χ3n) is 3.25. The standard InChI is InChI=1S/C16H17F2N/c1-10-3-5-12(6-4-10)8-16(19)13-9-14(17)11(2)7-15(13)18/h3-7,9,16H,8,19H2,1-2H3. The topological polar surface area (TPSA) is 26.0 Å². The van der Waals surface area contributed by atoms with E-state index in [9.17, 15) is 8.78 Å². The van der Waals surface area contributed by atoms with Crippen molar-refractivity contribution in [3.05, 3.63) is 70.3 Å². The minimum atomic E-state index is -0.544. The highest BCUT2D eigenvalue weighted by Crippen LogP contribution is 2.22. The van der Waals surface area contributed by atoms with E-state index in [1.165, 1.54) is 19.1 Å². The van der Waals surface area contributed by atoms with Gasteiger partial charge in [0.1, 0.15) is 11.6 Å². The van der Waals surface area contributed by atoms with Crippen molar-refractivity contribution in [1.82, 2.24) is 0 Å². The molecule has 1 nitrogen and oxygen atoms in total. The zero-order valence-electron chi connectivity index (χ0n) is 11.1. The van der Waals surface area contributed by atoms with Crippen LogP contribution in [0.3, 0.4) is 0 Å². The Kier molecular flexibility index (Phi) is 3.96. The fourth-order valence-electron chi connectivity index (χ4n) is 2.03. The maximum Gasteiger partial charge on any atom is 0.128 e. The van der Waals surface area contributed by atoms with Crippen LogP contribution in [0.2, 0.25) is 0 Å². The fraction of sp³-hybridized carbons (Fsp3) is 0.250. The lowest BCUT2D eigenvalue weighted by Gasteiger charge is -2.14. The summed E-state index contributed by atoms with van der Waals surface area (Å²) in [5, 5.41) is 0. The Labute approximate surface area is 112 Å². The van der Waals surface area contributed by atoms with Crippen LogP contribution in [0.15, 0.2) is 36.4 Å². The maximum absolute atomic E-state index is 13.8. The molecule has 0 aliphatic heterocycles. The molecule has 0 aromatic heterocycles. The molecule has 100 valence electrons. The maximum atomic E-state index is 13.8. The van der Waals surface area contributed by atoms with E-state index in [0.29, 0.717) is 12.0 Å². The van der Waals surface area contributed by atoms with Gasteiger partial charge in [0.05, 0.1) is 0 Å². The van der Waals surface area contributed by atoms with Crippen molar-refractivity contribution in [2.45, 2.75) is 26.3 Å². The van der Waals surface area contributed by atoms with E-state index < -0.39 is 17.7 Å². The fourth-order valence-corrected chi connectivity index (χ4v) is 2.03. The number of hydrogen-bond acceptors (Lipinski definition) is 1. The second-order valence-corrected chi connectivity index (χ2v) is 4.92. The average molecular weight is 261 g/mol. The van der Waals surface area contributed by atoms with Crippen LogP contribution >= 0.6 is 0 Å². The molecule has 0 radical (unpaired) electrons. The van der Waals surface area contributed by atoms with Crippen molar-refractivity contribution < 1.29 is 8.78 Å². The average Bonchev–Trinajstić information content (AvgIpc) is 2.36. The zero-order valence-corrected chi connectivity index (χ0v) is 11.1. The molecule has 3 heteroatoms. The molecule has 0 saturated carbocycles. The minimum Gasteiger partial charge on any atom is -0.324 e. The Balaban J connectivity index is 2.22. The van der Waals surface area contributed by atoms with Crippen molar-refractivity contribution in [2.24, 2.45) is 5.73 Å². The molecular weight excluding hydrogens is 244 g/mol. The summed E-state index contributed by atoms with van der Waals surface area (Å²) in [6, 6.07) is 9.72. The molecule has 2 rings (SSSR count). The molecule has 0 aliphatic rings. The molecule has 1 unspecified atom stereocenters. The van der Waals surface area contributed by atoms with Crippen LogP contribution < -0.4 is 5.73 Å². The van der Waals surface area contributed by atoms with Crippen molar-refractivity contribution in [3.63, 3.8) is 0 Å². The quantitative estimate of drug-likeness (QED) is 0.893. The van der Waals surface area contributed by atoms with Gasteiger partial charge in [-0.05, 0) is 43.5 Å². The molecular formula is C16H17F2N. The number of hydrogen-bond donors (Lipinski definition) is 1. The minimum absolute atomic E-state index is 0.226. The molecule has 0 saturated heterocycles. The number of aryl methyl sites for hydroxylation is 2. The van der Waals surface area contributed by atoms with Gasteiger partial charge in [0.2, 0.25) is 0 Å². The van der Waals surface area contributed by atoms with Gasteiger partial charge in [-0.1, -0.05) is 29.8 Å². The van der Waals surface area contributed by atoms with Crippen LogP contribution in [0.4, 0.5) is 8.78 Å². The Morgan fingerprint density at radius 3 is 2.26 bits per heavy atom. The van der Waals surface area contributed by atoms with Gasteiger partial charge >= 0.3 is 0 Å². The second kappa shape index (κ2) is 5.49. The SMILES string of the molecule is Cc1ccc(CC(N)c2cc(F)c(C)cc2F)cc1. The van der Waals surface area contributed by atoms with Crippen LogP contribution in [0.25, 0.3) is 0 Å². The van der Waals surface area contributed by atoms with Gasteiger partial charge in [0.15, 0.2) is 0 Å². The first-order valence-corrected chi connectivity index (χ1v) is 6.24. The molecule has 0 bridgehead atoms. The predicted octanol–water partition coefficient (Wildman–Crippen LogP) is 3.82. The van der Waals surface area contributed by atoms with Crippen molar-refractivity contribution in [3.8, 4) is 0 Å². The second-order valence-electron chi connectivity index (χ2n) is 4.92. The molecule has 0 spiro atoms. The lowest BCUT2D eigenvalue weighted by Crippen LogP contribution is -2.15. The van der Waals surface area contributed by atoms with Crippen LogP contribution in [0.1, 0.15) is 28.3 Å². The summed E-state index contributed by atoms with van der Waals surface area (Å²) in [6.07, 6.45) is 0.486. The molecule has 1 atom stereocenters. The third kappa shape index (κ3) is 3.18. The first-order valence-electron chi connectivity index (χ1n) is 6.24. The lowest BCUT2D eigenvalue weighted by molar-refractivity contribution is 0.556. The van der Waals surface area contributed by atoms with Crippen LogP contribution in [-0.2, 0) is 6.42 Å². The largest absolute Gasteiger partial charge is 0.324 e. The van der Waals surface area contributed by atoms with Gasteiger partial charge in [-0.15, -0.1) is 0 Å². The molecule has 0 fully saturated rings. The van der Waals surface area contributed by atoms with Crippen molar-refractivity contribution in [1.29, 1.82) is 0 Å². The monoisotopic (exact) mass is 261 g/mol. The van der Waals surface area contributed by atoms with E-state index in [0.717, 1.165) is 11.1 Å². The van der Waals surface area contributed by atoms with E-state index >= 15 is 0 Å². The van der Waals surface area contributed by atoms with E-state index in [1.807, 2.05) is 31.2 Å². The Morgan fingerprint density at radius 2 is 1.63 bits per heavy atom. The smallest absolute Gasteiger partial charge is 0.128 e. The first-order chi connectivity index (χ1) is 8.97. The Morgan fingerprint density at radius 1 is 1.00 bits per heavy atom. The number of rotatable bonds is 3. The van der Waals surface area contributed by atoms with Gasteiger partial charge in [0.25, 0.3) is 0 Å². The summed E-state index contributed by atoms with van der Waals surface area (Å²) >= 11 is 0. The van der Waals surface area contributed by atoms with Gasteiger partial charge in [0, 0.05) is 11.6 Å². The molecule has 0 amide bonds. The zero-order chi connectivity index (χ0) is 14.0. The summed E-state index contributed by atoms with van der Waals surface area (Å²) in [6.45, 7) is 3.53. The van der Waals surface area contributed by atoms with Crippen molar-refractivity contribution >= 4 is 0 Å². The van der Waals surface area contributed by atoms with Gasteiger partial charge < -0.3 is 5.73 Å². The highest BCUT2D eigenvalue weighted by atomic mass is 19.1. The van der Waals surface area contributed by atoms with Gasteiger partial charge in [-0.2, -0.15) is 0 Å². The number of benzene rings is 2. The molecule has 2 N–H and O–H groups in total. The first kappa shape index (κ1) is 13.7. The van der Waals surface area contributed by atoms with Crippen LogP contribution in [0.5, 0.6) is 0 Å². The van der Waals surface area contributed by atoms with E-state index in [1.54, 1.807) is 0 Å². The third-order valence-corrected chi connectivity index (χ3v) is 3.25. The Hall–Kier alpha value is -1.74. The number of nitrogens with two attached hydrogens (primary N) is 1. The van der Waals surface area contributed by atoms with E-state index in [2.05, 4.69) is 0 Å². The highest BCUT2D eigenvalue weighted by molar-refractivity contribution is 5.30. The summed E-state index contributed by atoms with van der Waals surface area (Å²) in [5.74, 6) is -0.866. The van der Waals surface area contributed by atoms with Gasteiger partial charge in [-0.3, -0.25) is 0 Å². The lowest BCUT2D eigenvalue weighted by atomic mass is 9.97. The molecule has 0 aliphatic carbocycles. The van der Waals surface area contributed by atoms with E-state index in [-0.39, 0.29) is 5.56 Å². The summed E-state index contributed by atoms with van der Waals surface area (Å²) < 4.78 is 27.3. The van der Waals surface area contributed by atoms with Crippen LogP contribution in [-0.4, -0.2) is 0 Å².